The number of aliphatic hydroxyl groups is 1. The van der Waals surface area contributed by atoms with Gasteiger partial charge in [-0.05, 0) is 79.7 Å². The minimum atomic E-state index is -1.47. The first-order chi connectivity index (χ1) is 38.3. The summed E-state index contributed by atoms with van der Waals surface area (Å²) in [5, 5.41) is 43.5. The second-order valence-corrected chi connectivity index (χ2v) is 20.3. The molecule has 4 aromatic rings. The molecule has 3 heterocycles. The van der Waals surface area contributed by atoms with Crippen molar-refractivity contribution in [3.8, 4) is 0 Å². The lowest BCUT2D eigenvalue weighted by molar-refractivity contribution is -0.137. The number of nitrogens with one attached hydrogen (secondary N) is 11. The average Bonchev–Trinajstić information content (AvgIpc) is 3.89. The zero-order valence-electron chi connectivity index (χ0n) is 45.6. The van der Waals surface area contributed by atoms with Gasteiger partial charge >= 0.3 is 0 Å². The second-order valence-electron chi connectivity index (χ2n) is 20.3. The lowest BCUT2D eigenvalue weighted by Gasteiger charge is -2.28. The number of para-hydroxylation sites is 1. The number of hydrogen-bond acceptors (Lipinski definition) is 12. The van der Waals surface area contributed by atoms with Crippen LogP contribution < -0.4 is 59.3 Å². The molecule has 24 nitrogen and oxygen atoms in total. The zero-order valence-corrected chi connectivity index (χ0v) is 45.6. The number of carbonyl (C=O) groups excluding carboxylic acids is 9. The lowest BCUT2D eigenvalue weighted by atomic mass is 10.0. The first kappa shape index (κ1) is 62.4. The Balaban J connectivity index is 1.55. The van der Waals surface area contributed by atoms with E-state index in [2.05, 4.69) is 57.8 Å². The van der Waals surface area contributed by atoms with E-state index in [1.165, 1.54) is 12.4 Å². The van der Waals surface area contributed by atoms with E-state index in [0.717, 1.165) is 10.9 Å². The van der Waals surface area contributed by atoms with Crippen LogP contribution in [0.25, 0.3) is 10.9 Å². The first-order valence-electron chi connectivity index (χ1n) is 27.3. The number of fused-ring (bicyclic) bond motifs is 1. The van der Waals surface area contributed by atoms with E-state index in [-0.39, 0.29) is 83.3 Å². The van der Waals surface area contributed by atoms with E-state index in [0.29, 0.717) is 36.0 Å². The third-order valence-corrected chi connectivity index (χ3v) is 13.6. The van der Waals surface area contributed by atoms with Crippen LogP contribution in [0.15, 0.2) is 85.3 Å². The number of pyridine rings is 1. The van der Waals surface area contributed by atoms with Crippen molar-refractivity contribution in [3.05, 3.63) is 102 Å². The SMILES string of the molecule is CCCC[C@H](NC(=O)C(O)C(C)C)C(=O)N[C@H]1CCC(=O)NCCCC[C@@H](C(N)=O)NC(=O)[C@H](Cc2c[nH]c3ccccc23)NC(=O)[C@H](CCCNC(=N)N)NC(=O)[C@@H](Cc2ccccc2)NC(=O)[C@H](Cc2cccnc2)NC1=O. The molecule has 16 N–H and O–H groups in total. The van der Waals surface area contributed by atoms with E-state index in [1.54, 1.807) is 62.5 Å². The van der Waals surface area contributed by atoms with Gasteiger partial charge in [-0.2, -0.15) is 0 Å². The minimum Gasteiger partial charge on any atom is -0.383 e. The fourth-order valence-electron chi connectivity index (χ4n) is 9.04. The summed E-state index contributed by atoms with van der Waals surface area (Å²) in [4.78, 5) is 134. The van der Waals surface area contributed by atoms with Crippen LogP contribution in [-0.2, 0) is 62.4 Å². The smallest absolute Gasteiger partial charge is 0.249 e. The van der Waals surface area contributed by atoms with E-state index < -0.39 is 107 Å². The Morgan fingerprint density at radius 3 is 2.02 bits per heavy atom. The highest BCUT2D eigenvalue weighted by molar-refractivity contribution is 5.98. The number of nitrogens with zero attached hydrogens (tertiary/aromatic N) is 1. The molecule has 1 aliphatic rings. The number of nitrogens with two attached hydrogens (primary N) is 2. The summed E-state index contributed by atoms with van der Waals surface area (Å²) in [6, 6.07) is 9.92. The van der Waals surface area contributed by atoms with Crippen LogP contribution in [0.1, 0.15) is 102 Å². The Morgan fingerprint density at radius 2 is 1.36 bits per heavy atom. The molecule has 1 aliphatic heterocycles. The molecular formula is C56H78N14O10. The van der Waals surface area contributed by atoms with E-state index in [1.807, 2.05) is 31.2 Å². The van der Waals surface area contributed by atoms with Gasteiger partial charge in [-0.1, -0.05) is 88.2 Å². The number of benzene rings is 2. The Hall–Kier alpha value is -8.41. The zero-order chi connectivity index (χ0) is 58.1. The van der Waals surface area contributed by atoms with E-state index in [9.17, 15) is 48.3 Å². The average molecular weight is 1110 g/mol. The molecule has 1 fully saturated rings. The molecule has 0 bridgehead atoms. The van der Waals surface area contributed by atoms with Crippen molar-refractivity contribution >= 4 is 70.0 Å². The molecular weight excluding hydrogens is 1030 g/mol. The highest BCUT2D eigenvalue weighted by atomic mass is 16.3. The van der Waals surface area contributed by atoms with Crippen molar-refractivity contribution in [2.24, 2.45) is 17.4 Å². The van der Waals surface area contributed by atoms with Crippen molar-refractivity contribution in [1.29, 1.82) is 5.41 Å². The fraction of sp³-hybridized carbons (Fsp3) is 0.482. The molecule has 2 aromatic carbocycles. The summed E-state index contributed by atoms with van der Waals surface area (Å²) in [5.41, 5.74) is 13.9. The number of rotatable bonds is 19. The highest BCUT2D eigenvalue weighted by Gasteiger charge is 2.35. The number of aliphatic hydroxyl groups excluding tert-OH is 1. The maximum absolute atomic E-state index is 14.8. The molecule has 432 valence electrons. The monoisotopic (exact) mass is 1110 g/mol. The van der Waals surface area contributed by atoms with Crippen LogP contribution in [0, 0.1) is 11.3 Å². The van der Waals surface area contributed by atoms with Gasteiger partial charge in [-0.15, -0.1) is 0 Å². The standard InChI is InChI=1S/C56H78N14O10/c1-4-5-19-40(67-55(80)47(72)33(2)3)49(74)66-42-23-24-46(71)61-26-12-11-21-39(48(57)73)64-54(79)45(30-36-32-63-38-20-10-9-18-37(36)38)70-50(75)41(22-14-27-62-56(58)59)65-52(77)43(28-34-15-7-6-8-16-34)69-53(78)44(68-51(42)76)29-35-17-13-25-60-31-35/h6-10,13,15-18,20,25,31-33,39-45,47,63,72H,4-5,11-12,14,19,21-24,26-30H2,1-3H3,(H2,57,73)(H,61,71)(H,64,79)(H,65,77)(H,66,74)(H,67,80)(H,68,76)(H,69,78)(H,70,75)(H4,58,59,62)/t39-,40-,41-,42-,43+,44-,45-,47?/m0/s1. The van der Waals surface area contributed by atoms with Gasteiger partial charge in [-0.25, -0.2) is 0 Å². The Morgan fingerprint density at radius 1 is 0.738 bits per heavy atom. The van der Waals surface area contributed by atoms with Crippen molar-refractivity contribution in [3.63, 3.8) is 0 Å². The van der Waals surface area contributed by atoms with Gasteiger partial charge in [0.25, 0.3) is 0 Å². The summed E-state index contributed by atoms with van der Waals surface area (Å²) >= 11 is 0. The Kier molecular flexibility index (Phi) is 24.9. The van der Waals surface area contributed by atoms with Gasteiger partial charge in [0.15, 0.2) is 5.96 Å². The van der Waals surface area contributed by atoms with E-state index >= 15 is 0 Å². The normalized spacial score (nSPS) is 21.2. The van der Waals surface area contributed by atoms with Gasteiger partial charge in [-0.3, -0.25) is 53.5 Å². The predicted octanol–water partition coefficient (Wildman–Crippen LogP) is 0.0204. The third kappa shape index (κ3) is 20.1. The van der Waals surface area contributed by atoms with Crippen LogP contribution in [0.5, 0.6) is 0 Å². The van der Waals surface area contributed by atoms with Crippen LogP contribution in [0.2, 0.25) is 0 Å². The number of aromatic nitrogens is 2. The molecule has 5 rings (SSSR count). The van der Waals surface area contributed by atoms with Crippen LogP contribution in [-0.4, -0.2) is 136 Å². The number of amides is 9. The van der Waals surface area contributed by atoms with Crippen molar-refractivity contribution in [2.75, 3.05) is 13.1 Å². The second kappa shape index (κ2) is 31.9. The predicted molar refractivity (Wildman–Crippen MR) is 298 cm³/mol. The maximum atomic E-state index is 14.8. The molecule has 1 saturated heterocycles. The highest BCUT2D eigenvalue weighted by Crippen LogP contribution is 2.20. The molecule has 0 spiro atoms. The molecule has 2 aromatic heterocycles. The number of H-pyrrole nitrogens is 1. The summed E-state index contributed by atoms with van der Waals surface area (Å²) < 4.78 is 0. The van der Waals surface area contributed by atoms with Crippen molar-refractivity contribution in [2.45, 2.75) is 153 Å². The third-order valence-electron chi connectivity index (χ3n) is 13.6. The largest absolute Gasteiger partial charge is 0.383 e. The topological polar surface area (TPSA) is 387 Å². The minimum absolute atomic E-state index is 0.0550. The Bertz CT molecular complexity index is 2740. The quantitative estimate of drug-likeness (QED) is 0.0335. The molecule has 0 radical (unpaired) electrons. The molecule has 24 heteroatoms. The van der Waals surface area contributed by atoms with Gasteiger partial charge in [0.05, 0.1) is 0 Å². The number of unbranched alkanes of at least 4 members (excludes halogenated alkanes) is 1. The summed E-state index contributed by atoms with van der Waals surface area (Å²) in [5.74, 6) is -7.83. The fourth-order valence-corrected chi connectivity index (χ4v) is 9.04. The molecule has 0 saturated carbocycles. The lowest BCUT2D eigenvalue weighted by Crippen LogP contribution is -2.61. The van der Waals surface area contributed by atoms with Crippen LogP contribution in [0.3, 0.4) is 0 Å². The van der Waals surface area contributed by atoms with Gasteiger partial charge in [0.1, 0.15) is 48.4 Å². The molecule has 80 heavy (non-hydrogen) atoms. The van der Waals surface area contributed by atoms with Gasteiger partial charge in [0.2, 0.25) is 53.2 Å². The summed E-state index contributed by atoms with van der Waals surface area (Å²) in [6.45, 7) is 5.39. The van der Waals surface area contributed by atoms with E-state index in [4.69, 9.17) is 16.9 Å². The number of aromatic amines is 1. The number of guanidine groups is 1. The number of hydrogen-bond donors (Lipinski definition) is 14. The maximum Gasteiger partial charge on any atom is 0.249 e. The molecule has 8 atom stereocenters. The van der Waals surface area contributed by atoms with Gasteiger partial charge < -0.3 is 69.4 Å². The first-order valence-corrected chi connectivity index (χ1v) is 27.3. The van der Waals surface area contributed by atoms with Gasteiger partial charge in [0, 0.05) is 68.3 Å². The number of carbonyl (C=O) groups is 9. The molecule has 9 amide bonds. The van der Waals surface area contributed by atoms with Crippen molar-refractivity contribution < 1.29 is 48.3 Å². The Labute approximate surface area is 465 Å². The summed E-state index contributed by atoms with van der Waals surface area (Å²) in [7, 11) is 0. The van der Waals surface area contributed by atoms with Crippen LogP contribution >= 0.6 is 0 Å². The molecule has 0 aliphatic carbocycles. The number of primary amides is 1. The summed E-state index contributed by atoms with van der Waals surface area (Å²) in [6.07, 6.45) is 4.41. The van der Waals surface area contributed by atoms with Crippen LogP contribution in [0.4, 0.5) is 0 Å². The van der Waals surface area contributed by atoms with Crippen molar-refractivity contribution in [1.82, 2.24) is 57.8 Å². The molecule has 1 unspecified atom stereocenters.